The molecule has 1 atom stereocenters. The monoisotopic (exact) mass is 453 g/mol. The summed E-state index contributed by atoms with van der Waals surface area (Å²) in [4.78, 5) is 18.6. The molecule has 0 spiro atoms. The molecule has 1 aromatic heterocycles. The first kappa shape index (κ1) is 29.9. The molecule has 0 bridgehead atoms. The summed E-state index contributed by atoms with van der Waals surface area (Å²) in [5.41, 5.74) is 6.21. The van der Waals surface area contributed by atoms with Gasteiger partial charge in [0.2, 0.25) is 0 Å². The standard InChI is InChI=1S/C20H34N4O3.C2H7N.C2H6/c1-6-24(7-2)17-12-15-8-9-20(14-21,26-16(15)13-23-17)10-11-22-18(25)27-19(3,4)5;1-3-2;1-2/h12-13H,6-11,14,21H2,1-5H3,(H,22,25);3H,1-2H3;1-2H3. The van der Waals surface area contributed by atoms with Crippen LogP contribution in [0.1, 0.15) is 66.9 Å². The van der Waals surface area contributed by atoms with Crippen molar-refractivity contribution in [3.8, 4) is 5.75 Å². The molecule has 1 aromatic rings. The Labute approximate surface area is 195 Å². The van der Waals surface area contributed by atoms with Gasteiger partial charge in [-0.3, -0.25) is 0 Å². The lowest BCUT2D eigenvalue weighted by atomic mass is 9.88. The van der Waals surface area contributed by atoms with Crippen molar-refractivity contribution in [2.24, 2.45) is 5.73 Å². The zero-order valence-electron chi connectivity index (χ0n) is 21.8. The number of aryl methyl sites for hydroxylation is 1. The van der Waals surface area contributed by atoms with Crippen molar-refractivity contribution in [2.45, 2.75) is 78.9 Å². The maximum Gasteiger partial charge on any atom is 0.407 e. The molecule has 0 aromatic carbocycles. The summed E-state index contributed by atoms with van der Waals surface area (Å²) in [7, 11) is 3.75. The molecular weight excluding hydrogens is 406 g/mol. The SMILES string of the molecule is CC.CCN(CC)c1cc2c(cn1)OC(CN)(CCNC(=O)OC(C)(C)C)CC2.CNC. The number of ether oxygens (including phenoxy) is 2. The van der Waals surface area contributed by atoms with E-state index in [1.54, 1.807) is 6.20 Å². The summed E-state index contributed by atoms with van der Waals surface area (Å²) >= 11 is 0. The molecule has 4 N–H and O–H groups in total. The molecule has 0 fully saturated rings. The molecule has 8 heteroatoms. The Bertz CT molecular complexity index is 660. The zero-order valence-corrected chi connectivity index (χ0v) is 21.8. The van der Waals surface area contributed by atoms with Crippen molar-refractivity contribution < 1.29 is 14.3 Å². The van der Waals surface area contributed by atoms with Crippen LogP contribution in [-0.4, -0.2) is 62.6 Å². The molecule has 1 aliphatic heterocycles. The summed E-state index contributed by atoms with van der Waals surface area (Å²) in [6, 6.07) is 2.11. The topological polar surface area (TPSA) is 102 Å². The van der Waals surface area contributed by atoms with Gasteiger partial charge in [-0.2, -0.15) is 0 Å². The van der Waals surface area contributed by atoms with Crippen LogP contribution in [0.4, 0.5) is 10.6 Å². The van der Waals surface area contributed by atoms with E-state index in [9.17, 15) is 4.79 Å². The fourth-order valence-corrected chi connectivity index (χ4v) is 3.25. The molecule has 0 aliphatic carbocycles. The van der Waals surface area contributed by atoms with Crippen molar-refractivity contribution in [3.63, 3.8) is 0 Å². The number of carbonyl (C=O) groups excluding carboxylic acids is 1. The second kappa shape index (κ2) is 14.9. The van der Waals surface area contributed by atoms with Gasteiger partial charge in [0.25, 0.3) is 0 Å². The zero-order chi connectivity index (χ0) is 24.8. The number of nitrogens with two attached hydrogens (primary N) is 1. The highest BCUT2D eigenvalue weighted by Gasteiger charge is 2.35. The molecule has 32 heavy (non-hydrogen) atoms. The van der Waals surface area contributed by atoms with E-state index < -0.39 is 17.3 Å². The maximum atomic E-state index is 11.8. The van der Waals surface area contributed by atoms with E-state index in [0.29, 0.717) is 19.5 Å². The Morgan fingerprint density at radius 2 is 1.88 bits per heavy atom. The molecule has 2 heterocycles. The van der Waals surface area contributed by atoms with E-state index in [0.717, 1.165) is 43.1 Å². The van der Waals surface area contributed by atoms with Gasteiger partial charge >= 0.3 is 6.09 Å². The molecule has 8 nitrogen and oxygen atoms in total. The lowest BCUT2D eigenvalue weighted by Crippen LogP contribution is -2.48. The van der Waals surface area contributed by atoms with Gasteiger partial charge in [-0.05, 0) is 73.2 Å². The van der Waals surface area contributed by atoms with Crippen LogP contribution in [0.15, 0.2) is 12.3 Å². The Balaban J connectivity index is 0.00000177. The lowest BCUT2D eigenvalue weighted by molar-refractivity contribution is 0.0379. The number of anilines is 1. The van der Waals surface area contributed by atoms with Crippen molar-refractivity contribution in [1.29, 1.82) is 0 Å². The molecule has 1 unspecified atom stereocenters. The number of hydrogen-bond acceptors (Lipinski definition) is 7. The average molecular weight is 454 g/mol. The summed E-state index contributed by atoms with van der Waals surface area (Å²) in [5, 5.41) is 5.54. The van der Waals surface area contributed by atoms with Gasteiger partial charge in [0.05, 0.1) is 6.20 Å². The van der Waals surface area contributed by atoms with Crippen LogP contribution in [-0.2, 0) is 11.2 Å². The van der Waals surface area contributed by atoms with Crippen molar-refractivity contribution in [3.05, 3.63) is 17.8 Å². The third-order valence-corrected chi connectivity index (χ3v) is 4.82. The quantitative estimate of drug-likeness (QED) is 0.578. The first-order chi connectivity index (χ1) is 15.1. The fraction of sp³-hybridized carbons (Fsp3) is 0.750. The number of hydrogen-bond donors (Lipinski definition) is 3. The smallest absolute Gasteiger partial charge is 0.407 e. The van der Waals surface area contributed by atoms with Gasteiger partial charge in [-0.15, -0.1) is 0 Å². The minimum Gasteiger partial charge on any atom is -0.484 e. The summed E-state index contributed by atoms with van der Waals surface area (Å²) in [5.74, 6) is 1.77. The van der Waals surface area contributed by atoms with Crippen molar-refractivity contribution in [1.82, 2.24) is 15.6 Å². The molecule has 1 amide bonds. The van der Waals surface area contributed by atoms with E-state index in [1.165, 1.54) is 0 Å². The van der Waals surface area contributed by atoms with Gasteiger partial charge in [0.1, 0.15) is 22.8 Å². The Kier molecular flexibility index (Phi) is 13.9. The van der Waals surface area contributed by atoms with Crippen molar-refractivity contribution in [2.75, 3.05) is 45.2 Å². The third kappa shape index (κ3) is 10.0. The first-order valence-corrected chi connectivity index (χ1v) is 11.8. The van der Waals surface area contributed by atoms with E-state index >= 15 is 0 Å². The number of amides is 1. The number of carbonyl (C=O) groups is 1. The molecule has 1 aliphatic rings. The average Bonchev–Trinajstić information content (AvgIpc) is 2.75. The molecule has 2 rings (SSSR count). The minimum absolute atomic E-state index is 0.389. The van der Waals surface area contributed by atoms with Gasteiger partial charge in [-0.1, -0.05) is 13.8 Å². The minimum atomic E-state index is -0.510. The highest BCUT2D eigenvalue weighted by Crippen LogP contribution is 2.35. The largest absolute Gasteiger partial charge is 0.484 e. The first-order valence-electron chi connectivity index (χ1n) is 11.8. The predicted molar refractivity (Wildman–Crippen MR) is 134 cm³/mol. The van der Waals surface area contributed by atoms with Gasteiger partial charge in [0, 0.05) is 32.6 Å². The molecular formula is C24H47N5O3. The predicted octanol–water partition coefficient (Wildman–Crippen LogP) is 3.73. The maximum absolute atomic E-state index is 11.8. The van der Waals surface area contributed by atoms with E-state index in [2.05, 4.69) is 40.4 Å². The highest BCUT2D eigenvalue weighted by atomic mass is 16.6. The van der Waals surface area contributed by atoms with Crippen LogP contribution in [0.5, 0.6) is 5.75 Å². The molecule has 0 radical (unpaired) electrons. The van der Waals surface area contributed by atoms with Crippen LogP contribution in [0.25, 0.3) is 0 Å². The van der Waals surface area contributed by atoms with Crippen LogP contribution in [0.2, 0.25) is 0 Å². The molecule has 0 saturated heterocycles. The van der Waals surface area contributed by atoms with Crippen LogP contribution < -0.4 is 26.0 Å². The van der Waals surface area contributed by atoms with Crippen LogP contribution in [0.3, 0.4) is 0 Å². The van der Waals surface area contributed by atoms with Gasteiger partial charge < -0.3 is 30.7 Å². The Morgan fingerprint density at radius 1 is 1.28 bits per heavy atom. The second-order valence-electron chi connectivity index (χ2n) is 8.49. The van der Waals surface area contributed by atoms with E-state index in [-0.39, 0.29) is 0 Å². The van der Waals surface area contributed by atoms with E-state index in [1.807, 2.05) is 48.7 Å². The Morgan fingerprint density at radius 3 is 2.38 bits per heavy atom. The normalized spacial score (nSPS) is 16.8. The number of nitrogens with one attached hydrogen (secondary N) is 2. The van der Waals surface area contributed by atoms with Crippen LogP contribution in [0, 0.1) is 0 Å². The molecule has 186 valence electrons. The summed E-state index contributed by atoms with van der Waals surface area (Å²) in [6.07, 6.45) is 3.70. The number of alkyl carbamates (subject to hydrolysis) is 1. The third-order valence-electron chi connectivity index (χ3n) is 4.82. The lowest BCUT2D eigenvalue weighted by Gasteiger charge is -2.38. The highest BCUT2D eigenvalue weighted by molar-refractivity contribution is 5.67. The number of pyridine rings is 1. The van der Waals surface area contributed by atoms with Gasteiger partial charge in [-0.25, -0.2) is 9.78 Å². The number of nitrogens with zero attached hydrogens (tertiary/aromatic N) is 2. The van der Waals surface area contributed by atoms with Crippen LogP contribution >= 0.6 is 0 Å². The van der Waals surface area contributed by atoms with Gasteiger partial charge in [0.15, 0.2) is 0 Å². The fourth-order valence-electron chi connectivity index (χ4n) is 3.25. The van der Waals surface area contributed by atoms with E-state index in [4.69, 9.17) is 15.2 Å². The second-order valence-corrected chi connectivity index (χ2v) is 8.49. The number of rotatable bonds is 7. The summed E-state index contributed by atoms with van der Waals surface area (Å²) in [6.45, 7) is 16.5. The number of fused-ring (bicyclic) bond motifs is 1. The van der Waals surface area contributed by atoms with Crippen molar-refractivity contribution >= 4 is 11.9 Å². The number of aromatic nitrogens is 1. The summed E-state index contributed by atoms with van der Waals surface area (Å²) < 4.78 is 11.5. The molecule has 0 saturated carbocycles. The Hall–Kier alpha value is -2.06.